The molecule has 0 spiro atoms. The van der Waals surface area contributed by atoms with Crippen LogP contribution in [-0.2, 0) is 15.6 Å². The minimum Gasteiger partial charge on any atom is -0.382 e. The van der Waals surface area contributed by atoms with E-state index in [1.165, 1.54) is 6.33 Å². The molecule has 18 heavy (non-hydrogen) atoms. The fourth-order valence-electron chi connectivity index (χ4n) is 1.38. The summed E-state index contributed by atoms with van der Waals surface area (Å²) in [6.07, 6.45) is 1.28. The highest BCUT2D eigenvalue weighted by atomic mass is 79.9. The lowest BCUT2D eigenvalue weighted by molar-refractivity contribution is 0.190. The van der Waals surface area contributed by atoms with Gasteiger partial charge < -0.3 is 20.1 Å². The van der Waals surface area contributed by atoms with E-state index in [0.717, 1.165) is 0 Å². The number of aromatic nitrogens is 4. The number of phosphoric acid groups is 1. The topological polar surface area (TPSA) is 136 Å². The van der Waals surface area contributed by atoms with Crippen molar-refractivity contribution in [2.75, 3.05) is 12.3 Å². The van der Waals surface area contributed by atoms with Crippen LogP contribution in [0.2, 0.25) is 0 Å². The summed E-state index contributed by atoms with van der Waals surface area (Å²) in [5.41, 5.74) is 6.51. The molecule has 11 heteroatoms. The van der Waals surface area contributed by atoms with Crippen LogP contribution in [0.1, 0.15) is 0 Å². The minimum atomic E-state index is -4.48. The van der Waals surface area contributed by atoms with Crippen molar-refractivity contribution in [3.63, 3.8) is 0 Å². The van der Waals surface area contributed by atoms with E-state index in [9.17, 15) is 4.57 Å². The molecule has 0 saturated carbocycles. The van der Waals surface area contributed by atoms with Crippen molar-refractivity contribution in [3.8, 4) is 0 Å². The zero-order chi connectivity index (χ0) is 13.3. The number of anilines is 1. The normalized spacial score (nSPS) is 12.2. The third-order valence-electron chi connectivity index (χ3n) is 2.09. The number of nitrogens with zero attached hydrogens (tertiary/aromatic N) is 4. The number of hydrogen-bond donors (Lipinski definition) is 3. The molecule has 0 bridgehead atoms. The molecule has 9 nitrogen and oxygen atoms in total. The second-order valence-electron chi connectivity index (χ2n) is 3.29. The summed E-state index contributed by atoms with van der Waals surface area (Å²) in [6, 6.07) is 0. The van der Waals surface area contributed by atoms with Gasteiger partial charge in [0, 0.05) is 0 Å². The van der Waals surface area contributed by atoms with Crippen LogP contribution in [0.5, 0.6) is 0 Å². The van der Waals surface area contributed by atoms with Gasteiger partial charge in [0.1, 0.15) is 6.33 Å². The maximum Gasteiger partial charge on any atom is 0.469 e. The Labute approximate surface area is 109 Å². The van der Waals surface area contributed by atoms with Crippen molar-refractivity contribution >= 4 is 40.7 Å². The second-order valence-corrected chi connectivity index (χ2v) is 5.24. The van der Waals surface area contributed by atoms with Gasteiger partial charge in [-0.15, -0.1) is 0 Å². The molecule has 98 valence electrons. The van der Waals surface area contributed by atoms with Crippen LogP contribution in [0.25, 0.3) is 11.2 Å². The van der Waals surface area contributed by atoms with Gasteiger partial charge in [-0.1, -0.05) is 0 Å². The molecule has 0 amide bonds. The Kier molecular flexibility index (Phi) is 3.64. The fourth-order valence-corrected chi connectivity index (χ4v) is 2.22. The number of halogens is 1. The number of imidazole rings is 1. The second kappa shape index (κ2) is 4.90. The lowest BCUT2D eigenvalue weighted by atomic mass is 10.5. The Morgan fingerprint density at radius 2 is 2.22 bits per heavy atom. The molecule has 2 aromatic heterocycles. The molecule has 0 aliphatic rings. The van der Waals surface area contributed by atoms with Crippen LogP contribution in [-0.4, -0.2) is 35.9 Å². The zero-order valence-corrected chi connectivity index (χ0v) is 11.4. The zero-order valence-electron chi connectivity index (χ0n) is 8.89. The number of nitrogens with two attached hydrogens (primary N) is 1. The Morgan fingerprint density at radius 3 is 2.89 bits per heavy atom. The van der Waals surface area contributed by atoms with Crippen molar-refractivity contribution in [2.45, 2.75) is 6.54 Å². The van der Waals surface area contributed by atoms with E-state index >= 15 is 0 Å². The molecule has 0 atom stereocenters. The van der Waals surface area contributed by atoms with Crippen LogP contribution < -0.4 is 5.73 Å². The summed E-state index contributed by atoms with van der Waals surface area (Å²) >= 11 is 3.20. The Bertz CT molecular complexity index is 626. The van der Waals surface area contributed by atoms with Crippen LogP contribution >= 0.6 is 23.8 Å². The molecule has 0 radical (unpaired) electrons. The summed E-state index contributed by atoms with van der Waals surface area (Å²) in [5, 5.41) is 0. The first kappa shape index (κ1) is 13.4. The molecule has 4 N–H and O–H groups in total. The maximum absolute atomic E-state index is 10.6. The maximum atomic E-state index is 10.6. The van der Waals surface area contributed by atoms with Gasteiger partial charge in [0.2, 0.25) is 0 Å². The summed E-state index contributed by atoms with van der Waals surface area (Å²) in [6.45, 7) is -0.0170. The number of rotatable bonds is 4. The molecule has 0 saturated heterocycles. The first-order valence-corrected chi connectivity index (χ1v) is 7.03. The van der Waals surface area contributed by atoms with Gasteiger partial charge in [0.25, 0.3) is 0 Å². The van der Waals surface area contributed by atoms with Crippen molar-refractivity contribution < 1.29 is 18.9 Å². The number of phosphoric ester groups is 1. The van der Waals surface area contributed by atoms with Gasteiger partial charge in [-0.3, -0.25) is 4.52 Å². The number of nitrogen functional groups attached to an aromatic ring is 1. The smallest absolute Gasteiger partial charge is 0.382 e. The van der Waals surface area contributed by atoms with E-state index in [1.807, 2.05) is 0 Å². The number of fused-ring (bicyclic) bond motifs is 1. The number of hydrogen-bond acceptors (Lipinski definition) is 6. The van der Waals surface area contributed by atoms with E-state index in [4.69, 9.17) is 15.5 Å². The summed E-state index contributed by atoms with van der Waals surface area (Å²) in [4.78, 5) is 29.1. The van der Waals surface area contributed by atoms with E-state index in [-0.39, 0.29) is 19.0 Å². The third kappa shape index (κ3) is 2.85. The monoisotopic (exact) mass is 337 g/mol. The highest BCUT2D eigenvalue weighted by Gasteiger charge is 2.16. The van der Waals surface area contributed by atoms with Gasteiger partial charge in [-0.2, -0.15) is 0 Å². The van der Waals surface area contributed by atoms with Crippen molar-refractivity contribution in [1.82, 2.24) is 19.5 Å². The molecule has 0 aliphatic heterocycles. The van der Waals surface area contributed by atoms with E-state index in [1.54, 1.807) is 4.57 Å². The van der Waals surface area contributed by atoms with Crippen LogP contribution in [0.15, 0.2) is 11.1 Å². The molecule has 2 heterocycles. The van der Waals surface area contributed by atoms with Crippen LogP contribution in [0.3, 0.4) is 0 Å². The highest BCUT2D eigenvalue weighted by molar-refractivity contribution is 9.10. The first-order valence-electron chi connectivity index (χ1n) is 4.71. The summed E-state index contributed by atoms with van der Waals surface area (Å²) in [5.74, 6) is 0.232. The molecule has 0 fully saturated rings. The van der Waals surface area contributed by atoms with Gasteiger partial charge in [-0.25, -0.2) is 19.5 Å². The van der Waals surface area contributed by atoms with Crippen LogP contribution in [0, 0.1) is 0 Å². The van der Waals surface area contributed by atoms with Crippen molar-refractivity contribution in [3.05, 3.63) is 11.1 Å². The molecule has 2 rings (SSSR count). The summed E-state index contributed by atoms with van der Waals surface area (Å²) in [7, 11) is -4.48. The van der Waals surface area contributed by atoms with E-state index < -0.39 is 7.82 Å². The quantitative estimate of drug-likeness (QED) is 0.534. The van der Waals surface area contributed by atoms with Crippen molar-refractivity contribution in [1.29, 1.82) is 0 Å². The Balaban J connectivity index is 2.26. The predicted molar refractivity (Wildman–Crippen MR) is 65.4 cm³/mol. The standard InChI is InChI=1S/C7H9BrN5O4P/c8-7-12-4-5(9)10-3-11-6(4)13(7)1-2-17-18(14,15)16/h3H,1-2H2,(H2,9,10,11)(H2,14,15,16). The van der Waals surface area contributed by atoms with Crippen molar-refractivity contribution in [2.24, 2.45) is 0 Å². The van der Waals surface area contributed by atoms with Gasteiger partial charge in [0.05, 0.1) is 13.2 Å². The average molecular weight is 338 g/mol. The third-order valence-corrected chi connectivity index (χ3v) is 3.21. The first-order chi connectivity index (χ1) is 8.38. The fraction of sp³-hybridized carbons (Fsp3) is 0.286. The largest absolute Gasteiger partial charge is 0.469 e. The lowest BCUT2D eigenvalue weighted by Crippen LogP contribution is -2.06. The Morgan fingerprint density at radius 1 is 1.50 bits per heavy atom. The Hall–Kier alpha value is -1.06. The predicted octanol–water partition coefficient (Wildman–Crippen LogP) is 0.280. The van der Waals surface area contributed by atoms with E-state index in [0.29, 0.717) is 15.9 Å². The van der Waals surface area contributed by atoms with E-state index in [2.05, 4.69) is 35.4 Å². The van der Waals surface area contributed by atoms with Gasteiger partial charge in [-0.05, 0) is 15.9 Å². The molecule has 2 aromatic rings. The lowest BCUT2D eigenvalue weighted by Gasteiger charge is -2.07. The average Bonchev–Trinajstić information content (AvgIpc) is 2.56. The molecule has 0 aliphatic carbocycles. The molecular weight excluding hydrogens is 329 g/mol. The summed E-state index contributed by atoms with van der Waals surface area (Å²) < 4.78 is 16.9. The SMILES string of the molecule is Nc1ncnc2c1nc(Br)n2CCOP(=O)(O)O. The van der Waals surface area contributed by atoms with Gasteiger partial charge >= 0.3 is 7.82 Å². The molecule has 0 unspecified atom stereocenters. The van der Waals surface area contributed by atoms with Crippen LogP contribution in [0.4, 0.5) is 5.82 Å². The molecule has 0 aromatic carbocycles. The van der Waals surface area contributed by atoms with Gasteiger partial charge in [0.15, 0.2) is 21.7 Å². The highest BCUT2D eigenvalue weighted by Crippen LogP contribution is 2.35. The minimum absolute atomic E-state index is 0.165. The molecular formula is C7H9BrN5O4P.